The number of benzene rings is 2. The molecule has 1 aromatic heterocycles. The molecule has 1 fully saturated rings. The summed E-state index contributed by atoms with van der Waals surface area (Å²) in [7, 11) is 4.07. The number of hydrogen-bond acceptors (Lipinski definition) is 3. The molecule has 0 N–H and O–H groups in total. The Bertz CT molecular complexity index is 970. The second-order valence-electron chi connectivity index (χ2n) is 7.18. The van der Waals surface area contributed by atoms with E-state index in [1.54, 1.807) is 0 Å². The molecule has 0 spiro atoms. The summed E-state index contributed by atoms with van der Waals surface area (Å²) in [6.45, 7) is 5.01. The molecule has 0 saturated carbocycles. The Labute approximate surface area is 154 Å². The summed E-state index contributed by atoms with van der Waals surface area (Å²) >= 11 is 0. The molecule has 134 valence electrons. The highest BCUT2D eigenvalue weighted by atomic mass is 16.1. The molecule has 4 rings (SSSR count). The number of piperazine rings is 1. The van der Waals surface area contributed by atoms with E-state index >= 15 is 0 Å². The summed E-state index contributed by atoms with van der Waals surface area (Å²) in [6, 6.07) is 18.4. The van der Waals surface area contributed by atoms with Gasteiger partial charge in [0.15, 0.2) is 0 Å². The third-order valence-electron chi connectivity index (χ3n) is 5.46. The van der Waals surface area contributed by atoms with Gasteiger partial charge in [-0.3, -0.25) is 9.69 Å². The van der Waals surface area contributed by atoms with E-state index in [1.165, 1.54) is 11.1 Å². The van der Waals surface area contributed by atoms with E-state index in [1.807, 2.05) is 35.9 Å². The normalized spacial score (nSPS) is 16.2. The lowest BCUT2D eigenvalue weighted by molar-refractivity contribution is 0.146. The summed E-state index contributed by atoms with van der Waals surface area (Å²) in [4.78, 5) is 17.8. The van der Waals surface area contributed by atoms with Crippen molar-refractivity contribution < 1.29 is 0 Å². The van der Waals surface area contributed by atoms with E-state index < -0.39 is 0 Å². The van der Waals surface area contributed by atoms with Crippen molar-refractivity contribution in [2.45, 2.75) is 6.54 Å². The molecule has 0 amide bonds. The average Bonchev–Trinajstić information content (AvgIpc) is 2.68. The highest BCUT2D eigenvalue weighted by molar-refractivity contribution is 5.97. The average molecular weight is 347 g/mol. The first-order chi connectivity index (χ1) is 12.6. The molecule has 4 heteroatoms. The van der Waals surface area contributed by atoms with Gasteiger partial charge in [-0.25, -0.2) is 0 Å². The second-order valence-corrected chi connectivity index (χ2v) is 7.18. The lowest BCUT2D eigenvalue weighted by atomic mass is 9.96. The molecule has 0 radical (unpaired) electrons. The van der Waals surface area contributed by atoms with Crippen LogP contribution in [0, 0.1) is 0 Å². The Morgan fingerprint density at radius 3 is 2.12 bits per heavy atom. The van der Waals surface area contributed by atoms with Crippen LogP contribution < -0.4 is 5.56 Å². The molecule has 1 aliphatic rings. The topological polar surface area (TPSA) is 28.5 Å². The van der Waals surface area contributed by atoms with Crippen LogP contribution in [0.3, 0.4) is 0 Å². The van der Waals surface area contributed by atoms with E-state index in [0.29, 0.717) is 0 Å². The van der Waals surface area contributed by atoms with Crippen LogP contribution in [-0.2, 0) is 13.6 Å². The predicted molar refractivity (Wildman–Crippen MR) is 107 cm³/mol. The van der Waals surface area contributed by atoms with Gasteiger partial charge in [0.05, 0.1) is 0 Å². The minimum Gasteiger partial charge on any atom is -0.313 e. The smallest absolute Gasteiger partial charge is 0.258 e. The SMILES string of the molecule is CN1CCN(Cc2c(-c3ccccc3)c3ccccc3c(=O)n2C)CC1. The van der Waals surface area contributed by atoms with Crippen LogP contribution in [0.2, 0.25) is 0 Å². The van der Waals surface area contributed by atoms with Crippen molar-refractivity contribution in [2.24, 2.45) is 7.05 Å². The van der Waals surface area contributed by atoms with Crippen LogP contribution in [0.4, 0.5) is 0 Å². The van der Waals surface area contributed by atoms with Gasteiger partial charge in [0, 0.05) is 56.4 Å². The van der Waals surface area contributed by atoms with Gasteiger partial charge in [0.2, 0.25) is 0 Å². The van der Waals surface area contributed by atoms with Gasteiger partial charge in [0.25, 0.3) is 5.56 Å². The summed E-state index contributed by atoms with van der Waals surface area (Å²) in [5.41, 5.74) is 3.54. The minimum atomic E-state index is 0.0874. The van der Waals surface area contributed by atoms with Crippen LogP contribution in [0.1, 0.15) is 5.69 Å². The van der Waals surface area contributed by atoms with Crippen LogP contribution >= 0.6 is 0 Å². The molecular formula is C22H25N3O. The zero-order chi connectivity index (χ0) is 18.1. The van der Waals surface area contributed by atoms with Crippen molar-refractivity contribution in [2.75, 3.05) is 33.2 Å². The maximum atomic E-state index is 13.0. The quantitative estimate of drug-likeness (QED) is 0.729. The number of hydrogen-bond donors (Lipinski definition) is 0. The van der Waals surface area contributed by atoms with Gasteiger partial charge in [-0.2, -0.15) is 0 Å². The third-order valence-corrected chi connectivity index (χ3v) is 5.46. The molecule has 0 unspecified atom stereocenters. The fourth-order valence-corrected chi connectivity index (χ4v) is 3.84. The van der Waals surface area contributed by atoms with Crippen molar-refractivity contribution >= 4 is 10.8 Å². The van der Waals surface area contributed by atoms with Gasteiger partial charge < -0.3 is 9.47 Å². The predicted octanol–water partition coefficient (Wildman–Crippen LogP) is 2.95. The molecule has 0 atom stereocenters. The fraction of sp³-hybridized carbons (Fsp3) is 0.318. The van der Waals surface area contributed by atoms with Gasteiger partial charge in [-0.05, 0) is 24.1 Å². The van der Waals surface area contributed by atoms with Crippen molar-refractivity contribution in [1.29, 1.82) is 0 Å². The number of aromatic nitrogens is 1. The maximum absolute atomic E-state index is 13.0. The number of nitrogens with zero attached hydrogens (tertiary/aromatic N) is 3. The standard InChI is InChI=1S/C22H25N3O/c1-23-12-14-25(15-13-23)16-20-21(17-8-4-3-5-9-17)18-10-6-7-11-19(18)22(26)24(20)2/h3-11H,12-16H2,1-2H3. The lowest BCUT2D eigenvalue weighted by Gasteiger charge is -2.33. The zero-order valence-corrected chi connectivity index (χ0v) is 15.5. The van der Waals surface area contributed by atoms with E-state index in [9.17, 15) is 4.79 Å². The van der Waals surface area contributed by atoms with Gasteiger partial charge in [0.1, 0.15) is 0 Å². The maximum Gasteiger partial charge on any atom is 0.258 e. The monoisotopic (exact) mass is 347 g/mol. The van der Waals surface area contributed by atoms with Crippen molar-refractivity contribution in [3.63, 3.8) is 0 Å². The van der Waals surface area contributed by atoms with E-state index in [2.05, 4.69) is 47.2 Å². The first-order valence-corrected chi connectivity index (χ1v) is 9.22. The first-order valence-electron chi connectivity index (χ1n) is 9.22. The third kappa shape index (κ3) is 3.06. The zero-order valence-electron chi connectivity index (χ0n) is 15.5. The molecule has 26 heavy (non-hydrogen) atoms. The van der Waals surface area contributed by atoms with Crippen LogP contribution in [0.25, 0.3) is 21.9 Å². The highest BCUT2D eigenvalue weighted by Crippen LogP contribution is 2.31. The van der Waals surface area contributed by atoms with Gasteiger partial charge >= 0.3 is 0 Å². The molecule has 0 aliphatic carbocycles. The van der Waals surface area contributed by atoms with Gasteiger partial charge in [-0.15, -0.1) is 0 Å². The number of fused-ring (bicyclic) bond motifs is 1. The van der Waals surface area contributed by atoms with E-state index in [4.69, 9.17) is 0 Å². The summed E-state index contributed by atoms with van der Waals surface area (Å²) in [5.74, 6) is 0. The molecular weight excluding hydrogens is 322 g/mol. The Balaban J connectivity index is 1.90. The molecule has 0 bridgehead atoms. The molecule has 3 aromatic rings. The lowest BCUT2D eigenvalue weighted by Crippen LogP contribution is -2.44. The molecule has 1 saturated heterocycles. The Morgan fingerprint density at radius 1 is 0.808 bits per heavy atom. The Morgan fingerprint density at radius 2 is 1.42 bits per heavy atom. The summed E-state index contributed by atoms with van der Waals surface area (Å²) in [6.07, 6.45) is 0. The Hall–Kier alpha value is -2.43. The van der Waals surface area contributed by atoms with Crippen molar-refractivity contribution in [1.82, 2.24) is 14.4 Å². The number of pyridine rings is 1. The summed E-state index contributed by atoms with van der Waals surface area (Å²) in [5, 5.41) is 1.84. The van der Waals surface area contributed by atoms with E-state index in [-0.39, 0.29) is 5.56 Å². The van der Waals surface area contributed by atoms with Crippen LogP contribution in [-0.4, -0.2) is 47.6 Å². The number of rotatable bonds is 3. The largest absolute Gasteiger partial charge is 0.313 e. The van der Waals surface area contributed by atoms with Crippen LogP contribution in [0.15, 0.2) is 59.4 Å². The van der Waals surface area contributed by atoms with E-state index in [0.717, 1.165) is 49.2 Å². The first kappa shape index (κ1) is 17.0. The number of likely N-dealkylation sites (N-methyl/N-ethyl adjacent to an activating group) is 1. The molecule has 2 heterocycles. The summed E-state index contributed by atoms with van der Waals surface area (Å²) < 4.78 is 1.85. The van der Waals surface area contributed by atoms with Gasteiger partial charge in [-0.1, -0.05) is 48.5 Å². The second kappa shape index (κ2) is 7.06. The van der Waals surface area contributed by atoms with Crippen molar-refractivity contribution in [3.05, 3.63) is 70.6 Å². The molecule has 4 nitrogen and oxygen atoms in total. The highest BCUT2D eigenvalue weighted by Gasteiger charge is 2.20. The fourth-order valence-electron chi connectivity index (χ4n) is 3.84. The Kier molecular flexibility index (Phi) is 4.62. The molecule has 2 aromatic carbocycles. The van der Waals surface area contributed by atoms with Crippen molar-refractivity contribution in [3.8, 4) is 11.1 Å². The minimum absolute atomic E-state index is 0.0874. The molecule has 1 aliphatic heterocycles. The van der Waals surface area contributed by atoms with Crippen LogP contribution in [0.5, 0.6) is 0 Å².